The standard InChI is InChI=1S/C77H122N22O22S2.Ac/c1-47(2)39-55(71(114)88-50(67(81)110)24-38-123(3,120)121)87-62(102)42-85-68(111)57(41-49-15-12-37-122-49)93-72(115)56(40-48-13-5-4-6-14-48)92-70(113)51(20-22-60(79)100)89-69(112)52(21-23-61(80)101)90-73(116)58-18-10-28-99(58)76(119)54(16-7-8-25-78)91-74(117)59-19-11-27-98(59)75(118)53(17-9-26-84-77(82)83)86-63(103)43-94-29-31-95(44-64(104)105)33-35-97(46-66(108)109)36-34-96(32-30-94)45-65(106)107;/h4-6,12-15,37,47,50-59H,7-11,16-36,38-46,78H2,1-3H3,(H2,79,100)(H2,80,101)(H2,81,110)(H,85,111)(H,86,103)(H,87,102)(H,88,114)(H,89,112)(H,90,116)(H,91,117)(H,92,113)(H,93,115)(H,104,105)(H,106,107)(H,108,109)(H4,82,83,84);/p-3/t50-,51-,52-,53-,54-,55-,56-,57-,58-,59-;/m0./s1/i;1-2. The van der Waals surface area contributed by atoms with E-state index in [-0.39, 0.29) is 205 Å². The third-order valence-electron chi connectivity index (χ3n) is 20.6. The third kappa shape index (κ3) is 40.1. The maximum Gasteiger partial charge on any atom is 0.245 e. The van der Waals surface area contributed by atoms with Crippen LogP contribution in [0.15, 0.2) is 52.8 Å². The van der Waals surface area contributed by atoms with Crippen LogP contribution < -0.4 is 97.6 Å². The van der Waals surface area contributed by atoms with Crippen LogP contribution in [0.5, 0.6) is 0 Å². The zero-order valence-electron chi connectivity index (χ0n) is 70.2. The van der Waals surface area contributed by atoms with Gasteiger partial charge in [-0.2, -0.15) is 0 Å². The first-order valence-electron chi connectivity index (χ1n) is 40.8. The minimum Gasteiger partial charge on any atom is -0.549 e. The average Bonchev–Trinajstić information content (AvgIpc) is 1.64. The van der Waals surface area contributed by atoms with Crippen LogP contribution in [0.4, 0.5) is 0 Å². The van der Waals surface area contributed by atoms with Crippen LogP contribution in [0.2, 0.25) is 0 Å². The molecule has 0 bridgehead atoms. The Kier molecular flexibility index (Phi) is 47.3. The molecule has 21 N–H and O–H groups in total. The minimum absolute atomic E-state index is 0. The molecule has 0 unspecified atom stereocenters. The summed E-state index contributed by atoms with van der Waals surface area (Å²) in [5, 5.41) is 60.3. The quantitative estimate of drug-likeness (QED) is 0.0166. The summed E-state index contributed by atoms with van der Waals surface area (Å²) in [5.41, 5.74) is 34.2. The molecule has 5 rings (SSSR count). The van der Waals surface area contributed by atoms with Gasteiger partial charge in [-0.15, -0.1) is 11.3 Å². The molecular formula is C77H119AcN22O22S2-3. The molecule has 10 atom stereocenters. The van der Waals surface area contributed by atoms with Gasteiger partial charge in [0.15, 0.2) is 5.96 Å². The van der Waals surface area contributed by atoms with Crippen LogP contribution in [0.3, 0.4) is 0 Å². The van der Waals surface area contributed by atoms with Crippen molar-refractivity contribution in [1.82, 2.24) is 77.3 Å². The number of nitrogens with two attached hydrogens (primary N) is 6. The van der Waals surface area contributed by atoms with E-state index in [1.54, 1.807) is 66.6 Å². The molecule has 124 heavy (non-hydrogen) atoms. The predicted octanol–water partition coefficient (Wildman–Crippen LogP) is -11.3. The van der Waals surface area contributed by atoms with Gasteiger partial charge < -0.3 is 122 Å². The van der Waals surface area contributed by atoms with Crippen molar-refractivity contribution in [3.05, 3.63) is 58.3 Å². The maximum absolute atomic E-state index is 15.0. The van der Waals surface area contributed by atoms with Crippen LogP contribution in [0.25, 0.3) is 0 Å². The van der Waals surface area contributed by atoms with Gasteiger partial charge >= 0.3 is 0 Å². The van der Waals surface area contributed by atoms with Crippen LogP contribution in [0.1, 0.15) is 121 Å². The van der Waals surface area contributed by atoms with Crippen molar-refractivity contribution in [2.75, 3.05) is 123 Å². The Morgan fingerprint density at radius 3 is 1.37 bits per heavy atom. The summed E-state index contributed by atoms with van der Waals surface area (Å²) >= 11 is 1.22. The second kappa shape index (κ2) is 55.0. The van der Waals surface area contributed by atoms with Crippen molar-refractivity contribution in [2.45, 2.75) is 183 Å². The van der Waals surface area contributed by atoms with Gasteiger partial charge in [0, 0.05) is 173 Å². The Labute approximate surface area is 759 Å². The molecule has 1 radical (unpaired) electrons. The molecule has 1 aromatic carbocycles. The van der Waals surface area contributed by atoms with Crippen molar-refractivity contribution >= 4 is 128 Å². The van der Waals surface area contributed by atoms with Crippen molar-refractivity contribution in [2.24, 2.45) is 45.3 Å². The van der Waals surface area contributed by atoms with E-state index in [1.807, 2.05) is 0 Å². The number of hydrogen-bond acceptors (Lipinski definition) is 29. The smallest absolute Gasteiger partial charge is 0.245 e. The summed E-state index contributed by atoms with van der Waals surface area (Å²) in [5.74, 6) is -17.7. The first-order chi connectivity index (χ1) is 58.2. The summed E-state index contributed by atoms with van der Waals surface area (Å²) in [6.07, 6.45) is -0.525. The molecule has 687 valence electrons. The van der Waals surface area contributed by atoms with Gasteiger partial charge in [0.1, 0.15) is 70.3 Å². The van der Waals surface area contributed by atoms with Crippen LogP contribution in [-0.4, -0.2) is 328 Å². The Bertz CT molecular complexity index is 4060. The number of carbonyl (C=O) groups is 17. The molecule has 0 spiro atoms. The van der Waals surface area contributed by atoms with Gasteiger partial charge in [-0.1, -0.05) is 50.2 Å². The molecule has 3 saturated heterocycles. The Morgan fingerprint density at radius 2 is 0.919 bits per heavy atom. The van der Waals surface area contributed by atoms with E-state index in [0.29, 0.717) is 23.3 Å². The summed E-state index contributed by atoms with van der Waals surface area (Å²) in [4.78, 5) is 245. The van der Waals surface area contributed by atoms with Gasteiger partial charge in [-0.05, 0) is 113 Å². The molecule has 3 fully saturated rings. The van der Waals surface area contributed by atoms with Crippen LogP contribution >= 0.6 is 11.3 Å². The first-order valence-corrected chi connectivity index (χ1v) is 43.8. The number of sulfone groups is 1. The maximum atomic E-state index is 15.0. The fourth-order valence-electron chi connectivity index (χ4n) is 14.2. The number of unbranched alkanes of at least 4 members (excludes halogenated alkanes) is 1. The van der Waals surface area contributed by atoms with Gasteiger partial charge in [0.2, 0.25) is 82.7 Å². The topological polar surface area (TPSA) is 690 Å². The van der Waals surface area contributed by atoms with Gasteiger partial charge in [-0.25, -0.2) is 8.42 Å². The zero-order chi connectivity index (χ0) is 91.0. The van der Waals surface area contributed by atoms with Crippen LogP contribution in [0, 0.1) is 50.0 Å². The number of aliphatic imine (C=N–C) groups is 1. The fourth-order valence-corrected chi connectivity index (χ4v) is 15.6. The SMILES string of the molecule is CC(C)C[C@H](NC(=O)CNC(=O)[C@H](Cc1cccs1)NC(=O)[C@H](Cc1ccccc1)NC(=O)[C@H](CCC(N)=O)NC(=O)[C@H](CCC(N)=O)NC(=O)[C@@H]1CCCN1C(=O)[C@H](CCCCN)NC(=O)[C@@H]1CCCN1C(=O)[C@H](CCCN=C(N)N)NC(=O)CN1CCN(CC(=O)[O-])CCN(CC(=O)[O-])CCN(CC(=O)[O-])CC1)C(=O)N[C@@H](CCS(C)(=O)=O)C(N)=O.[225Ac]. The molecule has 1 aromatic heterocycles. The van der Waals surface area contributed by atoms with Gasteiger partial charge in [-0.3, -0.25) is 91.7 Å². The normalized spacial score (nSPS) is 17.6. The number of carboxylic acid groups (broad SMARTS) is 3. The summed E-state index contributed by atoms with van der Waals surface area (Å²) < 4.78 is 23.7. The van der Waals surface area contributed by atoms with E-state index >= 15 is 4.79 Å². The van der Waals surface area contributed by atoms with E-state index < -0.39 is 235 Å². The largest absolute Gasteiger partial charge is 0.549 e. The van der Waals surface area contributed by atoms with Gasteiger partial charge in [0.05, 0.1) is 36.8 Å². The number of primary amides is 3. The molecule has 44 nitrogen and oxygen atoms in total. The number of carbonyl (C=O) groups excluding carboxylic acids is 17. The number of thiophene rings is 1. The molecule has 14 amide bonds. The van der Waals surface area contributed by atoms with Crippen LogP contribution in [-0.2, 0) is 104 Å². The van der Waals surface area contributed by atoms with E-state index in [9.17, 15) is 100 Å². The molecule has 4 heterocycles. The van der Waals surface area contributed by atoms with Crippen molar-refractivity contribution in [3.8, 4) is 0 Å². The van der Waals surface area contributed by atoms with E-state index in [1.165, 1.54) is 35.8 Å². The third-order valence-corrected chi connectivity index (χ3v) is 22.4. The molecule has 2 aromatic rings. The number of carboxylic acids is 3. The molecule has 3 aliphatic rings. The molecule has 3 aliphatic heterocycles. The molecule has 0 saturated carbocycles. The summed E-state index contributed by atoms with van der Waals surface area (Å²) in [6, 6.07) is -2.82. The van der Waals surface area contributed by atoms with Crippen molar-refractivity contribution < 1.29 is 149 Å². The number of rotatable bonds is 51. The minimum atomic E-state index is -3.58. The molecular weight excluding hydrogens is 1870 g/mol. The van der Waals surface area contributed by atoms with E-state index in [0.717, 1.165) is 6.26 Å². The Morgan fingerprint density at radius 1 is 0.484 bits per heavy atom. The summed E-state index contributed by atoms with van der Waals surface area (Å²) in [6.45, 7) is 1.13. The second-order valence-electron chi connectivity index (χ2n) is 31.1. The number of benzene rings is 1. The number of aliphatic carboxylic acids is 3. The number of nitrogens with one attached hydrogen (secondary N) is 9. The number of likely N-dealkylation sites (tertiary alicyclic amines) is 2. The monoisotopic (exact) mass is 1990 g/mol. The number of amides is 14. The van der Waals surface area contributed by atoms with Crippen molar-refractivity contribution in [1.29, 1.82) is 0 Å². The fraction of sp³-hybridized carbons (Fsp3) is 0.636. The van der Waals surface area contributed by atoms with E-state index in [4.69, 9.17) is 34.4 Å². The second-order valence-corrected chi connectivity index (χ2v) is 34.4. The number of guanidine groups is 1. The Hall–Kier alpha value is -9.63. The van der Waals surface area contributed by atoms with Gasteiger partial charge in [0.25, 0.3) is 0 Å². The van der Waals surface area contributed by atoms with E-state index in [2.05, 4.69) is 52.8 Å². The first kappa shape index (κ1) is 107. The zero-order valence-corrected chi connectivity index (χ0v) is 76.6. The summed E-state index contributed by atoms with van der Waals surface area (Å²) in [7, 11) is -3.58. The molecule has 0 aliphatic carbocycles. The number of nitrogens with zero attached hydrogens (tertiary/aromatic N) is 7. The number of hydrogen-bond donors (Lipinski definition) is 15. The average molecular weight is 1990 g/mol. The Balaban J connectivity index is 0.0000323. The van der Waals surface area contributed by atoms with Crippen molar-refractivity contribution in [3.63, 3.8) is 0 Å². The molecule has 47 heteroatoms. The predicted molar refractivity (Wildman–Crippen MR) is 440 cm³/mol.